The van der Waals surface area contributed by atoms with Crippen molar-refractivity contribution in [2.75, 3.05) is 21.2 Å². The Labute approximate surface area is 264 Å². The van der Waals surface area contributed by atoms with Crippen LogP contribution in [0.25, 0.3) is 0 Å². The van der Waals surface area contributed by atoms with Gasteiger partial charge in [0.1, 0.15) is 22.7 Å². The minimum Gasteiger partial charge on any atom is -0.469 e. The molecule has 2 amide bonds. The minimum absolute atomic E-state index is 0.324. The Morgan fingerprint density at radius 3 is 1.75 bits per heavy atom. The second-order valence-corrected chi connectivity index (χ2v) is 13.8. The van der Waals surface area contributed by atoms with Gasteiger partial charge >= 0.3 is 18.2 Å². The average molecular weight is 625 g/mol. The van der Waals surface area contributed by atoms with Crippen molar-refractivity contribution in [2.45, 2.75) is 125 Å². The molecule has 0 saturated heterocycles. The van der Waals surface area contributed by atoms with Crippen LogP contribution >= 0.6 is 0 Å². The third kappa shape index (κ3) is 15.1. The molecular weight excluding hydrogens is 568 g/mol. The number of terminal acetylenes is 1. The summed E-state index contributed by atoms with van der Waals surface area (Å²) in [5.74, 6) is 2.66. The van der Waals surface area contributed by atoms with Gasteiger partial charge in [-0.05, 0) is 83.1 Å². The Morgan fingerprint density at radius 1 is 0.955 bits per heavy atom. The first-order valence-corrected chi connectivity index (χ1v) is 14.3. The van der Waals surface area contributed by atoms with Crippen LogP contribution in [0, 0.1) is 17.8 Å². The second kappa shape index (κ2) is 16.9. The quantitative estimate of drug-likeness (QED) is 0.0881. The van der Waals surface area contributed by atoms with Crippen LogP contribution in [0.2, 0.25) is 0 Å². The van der Waals surface area contributed by atoms with Gasteiger partial charge in [0.05, 0.1) is 29.8 Å². The van der Waals surface area contributed by atoms with E-state index in [1.54, 1.807) is 68.6 Å². The first kappa shape index (κ1) is 42.4. The average Bonchev–Trinajstić information content (AvgIpc) is 3.34. The predicted octanol–water partition coefficient (Wildman–Crippen LogP) is 6.64. The number of amides is 2. The molecule has 0 aromatic carbocycles. The second-order valence-electron chi connectivity index (χ2n) is 13.8. The molecule has 44 heavy (non-hydrogen) atoms. The predicted molar refractivity (Wildman–Crippen MR) is 171 cm³/mol. The van der Waals surface area contributed by atoms with E-state index in [2.05, 4.69) is 16.2 Å². The minimum atomic E-state index is -0.737. The summed E-state index contributed by atoms with van der Waals surface area (Å²) in [6.45, 7) is 23.5. The molecule has 1 N–H and O–H groups in total. The Morgan fingerprint density at radius 2 is 1.39 bits per heavy atom. The Balaban J connectivity index is 0. The van der Waals surface area contributed by atoms with Gasteiger partial charge in [-0.15, -0.1) is 12.3 Å². The SMILES string of the molecule is C#CCC.CN(C(=O)OC(C)(C)C)C(C)(C)/C=N/O.COC(=O)C(C)(C)Cc1cc(C(C)(C)N(C)C(=O)OC(C)(C)C)no1. The highest BCUT2D eigenvalue weighted by Gasteiger charge is 2.37. The molecule has 0 aliphatic carbocycles. The molecule has 0 atom stereocenters. The number of rotatable bonds is 7. The summed E-state index contributed by atoms with van der Waals surface area (Å²) in [5, 5.41) is 15.5. The third-order valence-electron chi connectivity index (χ3n) is 6.16. The van der Waals surface area contributed by atoms with Crippen LogP contribution in [-0.2, 0) is 31.0 Å². The number of oxime groups is 1. The zero-order valence-corrected chi connectivity index (χ0v) is 29.7. The molecule has 1 heterocycles. The number of aromatic nitrogens is 1. The normalized spacial score (nSPS) is 12.1. The fourth-order valence-corrected chi connectivity index (χ4v) is 2.99. The van der Waals surface area contributed by atoms with Crippen LogP contribution in [0.1, 0.15) is 108 Å². The van der Waals surface area contributed by atoms with Gasteiger partial charge in [-0.3, -0.25) is 4.79 Å². The maximum absolute atomic E-state index is 12.3. The Bertz CT molecular complexity index is 1130. The zero-order valence-electron chi connectivity index (χ0n) is 29.7. The number of methoxy groups -OCH3 is 1. The summed E-state index contributed by atoms with van der Waals surface area (Å²) >= 11 is 0. The van der Waals surface area contributed by atoms with Gasteiger partial charge in [-0.25, -0.2) is 9.59 Å². The summed E-state index contributed by atoms with van der Waals surface area (Å²) in [6, 6.07) is 1.76. The van der Waals surface area contributed by atoms with Crippen LogP contribution < -0.4 is 0 Å². The molecular formula is C32H56N4O8. The lowest BCUT2D eigenvalue weighted by Crippen LogP contribution is -2.48. The number of carbonyl (C=O) groups excluding carboxylic acids is 3. The van der Waals surface area contributed by atoms with E-state index in [1.807, 2.05) is 41.5 Å². The molecule has 1 rings (SSSR count). The summed E-state index contributed by atoms with van der Waals surface area (Å²) < 4.78 is 20.8. The van der Waals surface area contributed by atoms with Crippen molar-refractivity contribution in [3.63, 3.8) is 0 Å². The van der Waals surface area contributed by atoms with E-state index in [4.69, 9.17) is 30.4 Å². The van der Waals surface area contributed by atoms with Gasteiger partial charge in [0, 0.05) is 33.0 Å². The lowest BCUT2D eigenvalue weighted by atomic mass is 9.88. The molecule has 0 saturated carbocycles. The highest BCUT2D eigenvalue weighted by molar-refractivity contribution is 5.78. The lowest BCUT2D eigenvalue weighted by Gasteiger charge is -2.35. The monoisotopic (exact) mass is 624 g/mol. The lowest BCUT2D eigenvalue weighted by molar-refractivity contribution is -0.150. The topological polar surface area (TPSA) is 144 Å². The highest BCUT2D eigenvalue weighted by atomic mass is 16.6. The molecule has 12 heteroatoms. The fraction of sp³-hybridized carbons (Fsp3) is 0.719. The van der Waals surface area contributed by atoms with Gasteiger partial charge in [0.2, 0.25) is 0 Å². The number of carbonyl (C=O) groups is 3. The fourth-order valence-electron chi connectivity index (χ4n) is 2.99. The molecule has 0 aliphatic rings. The Hall–Kier alpha value is -3.75. The number of hydrogen-bond acceptors (Lipinski definition) is 10. The van der Waals surface area contributed by atoms with E-state index < -0.39 is 39.9 Å². The highest BCUT2D eigenvalue weighted by Crippen LogP contribution is 2.30. The summed E-state index contributed by atoms with van der Waals surface area (Å²) in [5.41, 5.74) is -2.68. The van der Waals surface area contributed by atoms with E-state index in [-0.39, 0.29) is 5.97 Å². The first-order chi connectivity index (χ1) is 19.7. The molecule has 0 aliphatic heterocycles. The molecule has 1 aromatic heterocycles. The largest absolute Gasteiger partial charge is 0.469 e. The number of hydrogen-bond donors (Lipinski definition) is 1. The smallest absolute Gasteiger partial charge is 0.410 e. The van der Waals surface area contributed by atoms with Crippen molar-refractivity contribution in [2.24, 2.45) is 10.6 Å². The van der Waals surface area contributed by atoms with Gasteiger partial charge < -0.3 is 33.7 Å². The van der Waals surface area contributed by atoms with Crippen molar-refractivity contribution >= 4 is 24.4 Å². The standard InChI is InChI=1S/C18H30N2O5.C10H20N2O3.C4H6/c1-16(2,3)24-15(22)20(8)18(6,7)13-10-12(25-19-13)11-17(4,5)14(21)23-9;1-9(2,3)15-8(13)12(6)10(4,5)7-11-14;1-3-4-2/h10H,11H2,1-9H3;7,14H,1-6H3;1H,4H2,2H3/b;11-7+;. The van der Waals surface area contributed by atoms with Crippen LogP contribution in [-0.4, -0.2) is 82.5 Å². The Kier molecular flexibility index (Phi) is 16.3. The van der Waals surface area contributed by atoms with Gasteiger partial charge in [-0.1, -0.05) is 17.2 Å². The van der Waals surface area contributed by atoms with E-state index >= 15 is 0 Å². The zero-order chi connectivity index (χ0) is 35.3. The number of nitrogens with zero attached hydrogens (tertiary/aromatic N) is 4. The summed E-state index contributed by atoms with van der Waals surface area (Å²) in [4.78, 5) is 38.6. The number of ether oxygens (including phenoxy) is 3. The molecule has 0 unspecified atom stereocenters. The van der Waals surface area contributed by atoms with Crippen LogP contribution in [0.15, 0.2) is 15.7 Å². The maximum atomic E-state index is 12.3. The van der Waals surface area contributed by atoms with Crippen LogP contribution in [0.5, 0.6) is 0 Å². The molecule has 0 radical (unpaired) electrons. The molecule has 0 spiro atoms. The number of esters is 1. The van der Waals surface area contributed by atoms with E-state index in [1.165, 1.54) is 23.1 Å². The third-order valence-corrected chi connectivity index (χ3v) is 6.16. The molecule has 1 aromatic rings. The van der Waals surface area contributed by atoms with Crippen LogP contribution in [0.4, 0.5) is 9.59 Å². The van der Waals surface area contributed by atoms with Gasteiger partial charge in [-0.2, -0.15) is 0 Å². The molecule has 0 bridgehead atoms. The first-order valence-electron chi connectivity index (χ1n) is 14.3. The maximum Gasteiger partial charge on any atom is 0.410 e. The van der Waals surface area contributed by atoms with Crippen molar-refractivity contribution in [3.05, 3.63) is 17.5 Å². The van der Waals surface area contributed by atoms with Crippen LogP contribution in [0.3, 0.4) is 0 Å². The van der Waals surface area contributed by atoms with E-state index in [0.717, 1.165) is 6.42 Å². The van der Waals surface area contributed by atoms with Crippen molar-refractivity contribution in [1.29, 1.82) is 0 Å². The van der Waals surface area contributed by atoms with E-state index in [0.29, 0.717) is 17.9 Å². The van der Waals surface area contributed by atoms with Crippen molar-refractivity contribution in [1.82, 2.24) is 15.0 Å². The van der Waals surface area contributed by atoms with Gasteiger partial charge in [0.25, 0.3) is 0 Å². The molecule has 12 nitrogen and oxygen atoms in total. The van der Waals surface area contributed by atoms with E-state index in [9.17, 15) is 14.4 Å². The van der Waals surface area contributed by atoms with Crippen molar-refractivity contribution in [3.8, 4) is 12.3 Å². The summed E-state index contributed by atoms with van der Waals surface area (Å²) in [6.07, 6.45) is 6.35. The van der Waals surface area contributed by atoms with Gasteiger partial charge in [0.15, 0.2) is 0 Å². The van der Waals surface area contributed by atoms with Crippen molar-refractivity contribution < 1.29 is 38.3 Å². The molecule has 0 fully saturated rings. The molecule has 252 valence electrons. The summed E-state index contributed by atoms with van der Waals surface area (Å²) in [7, 11) is 4.60.